The molecule has 6 aromatic rings. The molecule has 1 fully saturated rings. The molecule has 48 heavy (non-hydrogen) atoms. The van der Waals surface area contributed by atoms with Gasteiger partial charge in [0.2, 0.25) is 0 Å². The Labute approximate surface area is 281 Å². The Morgan fingerprint density at radius 3 is 2.27 bits per heavy atom. The summed E-state index contributed by atoms with van der Waals surface area (Å²) in [4.78, 5) is 9.63. The van der Waals surface area contributed by atoms with Crippen LogP contribution in [0.1, 0.15) is 23.6 Å². The third kappa shape index (κ3) is 6.51. The molecule has 0 spiro atoms. The van der Waals surface area contributed by atoms with Gasteiger partial charge in [-0.3, -0.25) is 9.58 Å². The van der Waals surface area contributed by atoms with Crippen molar-refractivity contribution in [1.29, 1.82) is 0 Å². The highest BCUT2D eigenvalue weighted by Crippen LogP contribution is 2.35. The summed E-state index contributed by atoms with van der Waals surface area (Å²) in [5.74, 6) is 0. The van der Waals surface area contributed by atoms with Crippen molar-refractivity contribution in [2.24, 2.45) is 0 Å². The van der Waals surface area contributed by atoms with Crippen molar-refractivity contribution in [2.75, 3.05) is 37.6 Å². The van der Waals surface area contributed by atoms with E-state index in [1.54, 1.807) is 42.9 Å². The second-order valence-electron chi connectivity index (χ2n) is 12.9. The zero-order valence-corrected chi connectivity index (χ0v) is 28.3. The predicted molar refractivity (Wildman–Crippen MR) is 191 cm³/mol. The van der Waals surface area contributed by atoms with Gasteiger partial charge < -0.3 is 10.0 Å². The molecule has 246 valence electrons. The van der Waals surface area contributed by atoms with Gasteiger partial charge in [-0.15, -0.1) is 0 Å². The zero-order chi connectivity index (χ0) is 33.4. The standard InChI is InChI=1S/C38H40N6O3S/c1-27-7-13-35(14-8-27)48(46,47)44-26-37(33-22-40-43(25-33)24-30-6-4-5-28(2)19-30)36-20-32(21-39-38(36)44)31-9-11-34(12-10-31)42-17-15-41(16-18-42)23-29(3)45/h4-14,19-22,25-26,29,45H,15-18,23-24H2,1-3H3/t29-/m0/s1. The fourth-order valence-electron chi connectivity index (χ4n) is 6.49. The molecule has 0 aliphatic carbocycles. The molecule has 3 aromatic heterocycles. The third-order valence-electron chi connectivity index (χ3n) is 9.02. The molecule has 1 atom stereocenters. The van der Waals surface area contributed by atoms with Crippen LogP contribution in [0.3, 0.4) is 0 Å². The molecule has 10 heteroatoms. The average Bonchev–Trinajstić information content (AvgIpc) is 3.70. The van der Waals surface area contributed by atoms with Gasteiger partial charge in [-0.25, -0.2) is 17.4 Å². The Hall–Kier alpha value is -4.77. The minimum absolute atomic E-state index is 0.208. The molecule has 0 saturated carbocycles. The Bertz CT molecular complexity index is 2160. The van der Waals surface area contributed by atoms with Crippen LogP contribution in [-0.4, -0.2) is 76.0 Å². The van der Waals surface area contributed by atoms with E-state index in [4.69, 9.17) is 4.98 Å². The highest BCUT2D eigenvalue weighted by atomic mass is 32.2. The monoisotopic (exact) mass is 660 g/mol. The van der Waals surface area contributed by atoms with Gasteiger partial charge >= 0.3 is 0 Å². The number of aromatic nitrogens is 4. The first-order chi connectivity index (χ1) is 23.1. The van der Waals surface area contributed by atoms with E-state index >= 15 is 0 Å². The number of hydrogen-bond donors (Lipinski definition) is 1. The first-order valence-electron chi connectivity index (χ1n) is 16.3. The molecule has 9 nitrogen and oxygen atoms in total. The number of rotatable bonds is 9. The molecule has 1 aliphatic rings. The Morgan fingerprint density at radius 1 is 0.812 bits per heavy atom. The molecular formula is C38H40N6O3S. The summed E-state index contributed by atoms with van der Waals surface area (Å²) in [6.45, 7) is 10.8. The van der Waals surface area contributed by atoms with Crippen molar-refractivity contribution in [1.82, 2.24) is 23.6 Å². The van der Waals surface area contributed by atoms with Crippen LogP contribution in [0.5, 0.6) is 0 Å². The quantitative estimate of drug-likeness (QED) is 0.204. The molecule has 0 amide bonds. The van der Waals surface area contributed by atoms with Gasteiger partial charge in [-0.2, -0.15) is 5.10 Å². The summed E-state index contributed by atoms with van der Waals surface area (Å²) >= 11 is 0. The maximum atomic E-state index is 14.0. The van der Waals surface area contributed by atoms with Crippen LogP contribution in [0, 0.1) is 13.8 Å². The summed E-state index contributed by atoms with van der Waals surface area (Å²) in [6.07, 6.45) is 6.85. The number of hydrogen-bond acceptors (Lipinski definition) is 7. The lowest BCUT2D eigenvalue weighted by Crippen LogP contribution is -2.48. The molecule has 0 bridgehead atoms. The summed E-state index contributed by atoms with van der Waals surface area (Å²) in [5, 5.41) is 15.1. The average molecular weight is 661 g/mol. The van der Waals surface area contributed by atoms with Crippen molar-refractivity contribution < 1.29 is 13.5 Å². The minimum atomic E-state index is -3.92. The number of aliphatic hydroxyl groups excluding tert-OH is 1. The lowest BCUT2D eigenvalue weighted by Gasteiger charge is -2.36. The Balaban J connectivity index is 1.24. The molecule has 1 saturated heterocycles. The van der Waals surface area contributed by atoms with Crippen molar-refractivity contribution in [3.63, 3.8) is 0 Å². The molecule has 1 N–H and O–H groups in total. The second kappa shape index (κ2) is 13.0. The molecule has 0 radical (unpaired) electrons. The lowest BCUT2D eigenvalue weighted by molar-refractivity contribution is 0.123. The molecule has 0 unspecified atom stereocenters. The molecular weight excluding hydrogens is 621 g/mol. The maximum Gasteiger partial charge on any atom is 0.269 e. The van der Waals surface area contributed by atoms with E-state index < -0.39 is 10.0 Å². The van der Waals surface area contributed by atoms with Crippen LogP contribution in [-0.2, 0) is 16.6 Å². The van der Waals surface area contributed by atoms with Gasteiger partial charge in [0.15, 0.2) is 5.65 Å². The number of pyridine rings is 1. The van der Waals surface area contributed by atoms with Crippen molar-refractivity contribution >= 4 is 26.7 Å². The number of β-amino-alcohol motifs (C(OH)–C–C–N with tert-alkyl or cyclic N) is 1. The highest BCUT2D eigenvalue weighted by Gasteiger charge is 2.24. The largest absolute Gasteiger partial charge is 0.392 e. The second-order valence-corrected chi connectivity index (χ2v) is 14.7. The van der Waals surface area contributed by atoms with Gasteiger partial charge in [0.25, 0.3) is 10.0 Å². The topological polar surface area (TPSA) is 96.5 Å². The fraction of sp³-hybridized carbons (Fsp3) is 0.263. The van der Waals surface area contributed by atoms with Crippen molar-refractivity contribution in [3.8, 4) is 22.3 Å². The molecule has 3 aromatic carbocycles. The van der Waals surface area contributed by atoms with Crippen LogP contribution in [0.4, 0.5) is 5.69 Å². The van der Waals surface area contributed by atoms with E-state index in [2.05, 4.69) is 64.3 Å². The number of piperazine rings is 1. The van der Waals surface area contributed by atoms with E-state index in [1.165, 1.54) is 9.54 Å². The Kier molecular flexibility index (Phi) is 8.63. The van der Waals surface area contributed by atoms with Gasteiger partial charge in [0.1, 0.15) is 0 Å². The normalized spacial score (nSPS) is 14.9. The summed E-state index contributed by atoms with van der Waals surface area (Å²) in [7, 11) is -3.92. The van der Waals surface area contributed by atoms with Gasteiger partial charge in [-0.1, -0.05) is 59.7 Å². The minimum Gasteiger partial charge on any atom is -0.392 e. The van der Waals surface area contributed by atoms with Crippen LogP contribution in [0.15, 0.2) is 109 Å². The van der Waals surface area contributed by atoms with E-state index in [9.17, 15) is 13.5 Å². The number of nitrogens with zero attached hydrogens (tertiary/aromatic N) is 6. The van der Waals surface area contributed by atoms with Gasteiger partial charge in [0, 0.05) is 79.1 Å². The maximum absolute atomic E-state index is 14.0. The van der Waals surface area contributed by atoms with E-state index in [0.29, 0.717) is 18.7 Å². The number of aliphatic hydroxyl groups is 1. The van der Waals surface area contributed by atoms with Gasteiger partial charge in [0.05, 0.1) is 23.7 Å². The summed E-state index contributed by atoms with van der Waals surface area (Å²) in [5.41, 5.74) is 8.29. The van der Waals surface area contributed by atoms with Crippen LogP contribution in [0.2, 0.25) is 0 Å². The predicted octanol–water partition coefficient (Wildman–Crippen LogP) is 5.97. The number of benzene rings is 3. The third-order valence-corrected chi connectivity index (χ3v) is 10.7. The fourth-order valence-corrected chi connectivity index (χ4v) is 7.81. The SMILES string of the molecule is Cc1ccc(S(=O)(=O)n2cc(-c3cnn(Cc4cccc(C)c4)c3)c3cc(-c4ccc(N5CCN(C[C@H](C)O)CC5)cc4)cnc32)cc1. The lowest BCUT2D eigenvalue weighted by atomic mass is 10.0. The van der Waals surface area contributed by atoms with Crippen LogP contribution in [0.25, 0.3) is 33.3 Å². The van der Waals surface area contributed by atoms with E-state index in [0.717, 1.165) is 70.6 Å². The molecule has 7 rings (SSSR count). The zero-order valence-electron chi connectivity index (χ0n) is 27.5. The molecule has 4 heterocycles. The smallest absolute Gasteiger partial charge is 0.269 e. The number of fused-ring (bicyclic) bond motifs is 1. The van der Waals surface area contributed by atoms with E-state index in [1.807, 2.05) is 36.9 Å². The van der Waals surface area contributed by atoms with Crippen LogP contribution < -0.4 is 4.90 Å². The first kappa shape index (κ1) is 31.8. The van der Waals surface area contributed by atoms with E-state index in [-0.39, 0.29) is 11.0 Å². The highest BCUT2D eigenvalue weighted by molar-refractivity contribution is 7.90. The van der Waals surface area contributed by atoms with Crippen molar-refractivity contribution in [2.45, 2.75) is 38.3 Å². The number of anilines is 1. The Morgan fingerprint density at radius 2 is 1.56 bits per heavy atom. The molecule has 1 aliphatic heterocycles. The summed E-state index contributed by atoms with van der Waals surface area (Å²) in [6, 6.07) is 25.7. The summed E-state index contributed by atoms with van der Waals surface area (Å²) < 4.78 is 31.1. The number of aryl methyl sites for hydroxylation is 2. The van der Waals surface area contributed by atoms with Crippen LogP contribution >= 0.6 is 0 Å². The first-order valence-corrected chi connectivity index (χ1v) is 17.8. The van der Waals surface area contributed by atoms with Crippen molar-refractivity contribution in [3.05, 3.63) is 120 Å². The van der Waals surface area contributed by atoms with Gasteiger partial charge in [-0.05, 0) is 62.2 Å².